The average Bonchev–Trinajstić information content (AvgIpc) is 2.63. The van der Waals surface area contributed by atoms with Crippen LogP contribution in [0.25, 0.3) is 22.3 Å². The standard InChI is InChI=1S/C23H24/c1-2-3-5-10-19-15-17-21(18-16-19)23-14-9-8-13-22(23)20-11-6-4-7-12-20/h4,6-9,11-18H,2-3,5,10H2,1H3. The van der Waals surface area contributed by atoms with Gasteiger partial charge < -0.3 is 0 Å². The van der Waals surface area contributed by atoms with Gasteiger partial charge in [0.1, 0.15) is 0 Å². The first kappa shape index (κ1) is 15.6. The minimum atomic E-state index is 1.19. The molecule has 0 radical (unpaired) electrons. The van der Waals surface area contributed by atoms with Gasteiger partial charge in [-0.05, 0) is 40.7 Å². The lowest BCUT2D eigenvalue weighted by Gasteiger charge is -2.11. The molecule has 0 aliphatic heterocycles. The predicted octanol–water partition coefficient (Wildman–Crippen LogP) is 6.75. The van der Waals surface area contributed by atoms with E-state index in [1.165, 1.54) is 53.5 Å². The lowest BCUT2D eigenvalue weighted by atomic mass is 9.94. The van der Waals surface area contributed by atoms with Gasteiger partial charge in [-0.15, -0.1) is 0 Å². The average molecular weight is 300 g/mol. The smallest absolute Gasteiger partial charge is 0.0105 e. The fourth-order valence-corrected chi connectivity index (χ4v) is 3.03. The van der Waals surface area contributed by atoms with Gasteiger partial charge in [-0.3, -0.25) is 0 Å². The van der Waals surface area contributed by atoms with Crippen LogP contribution in [0.4, 0.5) is 0 Å². The van der Waals surface area contributed by atoms with Crippen LogP contribution in [0.3, 0.4) is 0 Å². The van der Waals surface area contributed by atoms with Crippen molar-refractivity contribution in [2.45, 2.75) is 32.6 Å². The minimum Gasteiger partial charge on any atom is -0.0654 e. The van der Waals surface area contributed by atoms with Gasteiger partial charge in [-0.1, -0.05) is 98.6 Å². The van der Waals surface area contributed by atoms with E-state index in [0.717, 1.165) is 0 Å². The molecule has 3 aromatic carbocycles. The minimum absolute atomic E-state index is 1.19. The third kappa shape index (κ3) is 3.90. The number of hydrogen-bond acceptors (Lipinski definition) is 0. The van der Waals surface area contributed by atoms with Gasteiger partial charge in [-0.25, -0.2) is 0 Å². The van der Waals surface area contributed by atoms with E-state index in [1.54, 1.807) is 0 Å². The van der Waals surface area contributed by atoms with Crippen molar-refractivity contribution >= 4 is 0 Å². The summed E-state index contributed by atoms with van der Waals surface area (Å²) in [5.74, 6) is 0. The molecule has 0 saturated carbocycles. The van der Waals surface area contributed by atoms with Crippen LogP contribution >= 0.6 is 0 Å². The molecule has 116 valence electrons. The lowest BCUT2D eigenvalue weighted by Crippen LogP contribution is -1.88. The largest absolute Gasteiger partial charge is 0.0654 e. The predicted molar refractivity (Wildman–Crippen MR) is 101 cm³/mol. The Hall–Kier alpha value is -2.34. The van der Waals surface area contributed by atoms with Gasteiger partial charge in [0.05, 0.1) is 0 Å². The van der Waals surface area contributed by atoms with E-state index in [1.807, 2.05) is 0 Å². The zero-order chi connectivity index (χ0) is 15.9. The van der Waals surface area contributed by atoms with Crippen molar-refractivity contribution in [3.63, 3.8) is 0 Å². The summed E-state index contributed by atoms with van der Waals surface area (Å²) in [4.78, 5) is 0. The Morgan fingerprint density at radius 3 is 1.74 bits per heavy atom. The Labute approximate surface area is 139 Å². The van der Waals surface area contributed by atoms with Gasteiger partial charge in [0.25, 0.3) is 0 Å². The highest BCUT2D eigenvalue weighted by atomic mass is 14.1. The molecule has 0 bridgehead atoms. The molecule has 0 spiro atoms. The number of unbranched alkanes of at least 4 members (excludes halogenated alkanes) is 2. The second-order valence-corrected chi connectivity index (χ2v) is 6.07. The molecule has 0 unspecified atom stereocenters. The van der Waals surface area contributed by atoms with Gasteiger partial charge in [0.15, 0.2) is 0 Å². The van der Waals surface area contributed by atoms with Crippen LogP contribution in [0.1, 0.15) is 31.7 Å². The van der Waals surface area contributed by atoms with E-state index in [-0.39, 0.29) is 0 Å². The number of hydrogen-bond donors (Lipinski definition) is 0. The van der Waals surface area contributed by atoms with Crippen LogP contribution < -0.4 is 0 Å². The summed E-state index contributed by atoms with van der Waals surface area (Å²) < 4.78 is 0. The van der Waals surface area contributed by atoms with E-state index in [0.29, 0.717) is 0 Å². The van der Waals surface area contributed by atoms with Crippen molar-refractivity contribution in [3.8, 4) is 22.3 Å². The molecule has 3 rings (SSSR count). The molecule has 0 aliphatic carbocycles. The van der Waals surface area contributed by atoms with Gasteiger partial charge in [0.2, 0.25) is 0 Å². The molecule has 0 fully saturated rings. The number of rotatable bonds is 6. The molecular weight excluding hydrogens is 276 g/mol. The summed E-state index contributed by atoms with van der Waals surface area (Å²) in [6, 6.07) is 28.4. The summed E-state index contributed by atoms with van der Waals surface area (Å²) in [5.41, 5.74) is 6.61. The zero-order valence-electron chi connectivity index (χ0n) is 13.8. The molecule has 0 atom stereocenters. The summed E-state index contributed by atoms with van der Waals surface area (Å²) >= 11 is 0. The Morgan fingerprint density at radius 1 is 0.565 bits per heavy atom. The lowest BCUT2D eigenvalue weighted by molar-refractivity contribution is 0.717. The first-order valence-electron chi connectivity index (χ1n) is 8.62. The fraction of sp³-hybridized carbons (Fsp3) is 0.217. The Morgan fingerprint density at radius 2 is 1.13 bits per heavy atom. The maximum atomic E-state index is 2.28. The molecule has 3 aromatic rings. The second kappa shape index (κ2) is 7.78. The first-order chi connectivity index (χ1) is 11.4. The fourth-order valence-electron chi connectivity index (χ4n) is 3.03. The number of benzene rings is 3. The summed E-state index contributed by atoms with van der Waals surface area (Å²) in [5, 5.41) is 0. The maximum absolute atomic E-state index is 2.28. The molecule has 0 N–H and O–H groups in total. The monoisotopic (exact) mass is 300 g/mol. The summed E-state index contributed by atoms with van der Waals surface area (Å²) in [6.45, 7) is 2.25. The molecular formula is C23H24. The van der Waals surface area contributed by atoms with Crippen molar-refractivity contribution in [1.82, 2.24) is 0 Å². The van der Waals surface area contributed by atoms with E-state index in [9.17, 15) is 0 Å². The Balaban J connectivity index is 1.88. The van der Waals surface area contributed by atoms with E-state index in [4.69, 9.17) is 0 Å². The molecule has 23 heavy (non-hydrogen) atoms. The molecule has 0 aromatic heterocycles. The van der Waals surface area contributed by atoms with Crippen molar-refractivity contribution in [2.24, 2.45) is 0 Å². The second-order valence-electron chi connectivity index (χ2n) is 6.07. The Bertz CT molecular complexity index is 724. The maximum Gasteiger partial charge on any atom is -0.0105 e. The third-order valence-electron chi connectivity index (χ3n) is 4.35. The zero-order valence-corrected chi connectivity index (χ0v) is 13.8. The molecule has 0 heterocycles. The molecule has 0 saturated heterocycles. The Kier molecular flexibility index (Phi) is 5.26. The molecule has 0 heteroatoms. The molecule has 0 amide bonds. The van der Waals surface area contributed by atoms with E-state index >= 15 is 0 Å². The molecule has 0 nitrogen and oxygen atoms in total. The van der Waals surface area contributed by atoms with Gasteiger partial charge >= 0.3 is 0 Å². The van der Waals surface area contributed by atoms with E-state index in [2.05, 4.69) is 85.8 Å². The van der Waals surface area contributed by atoms with Crippen molar-refractivity contribution < 1.29 is 0 Å². The molecule has 0 aliphatic rings. The number of aryl methyl sites for hydroxylation is 1. The van der Waals surface area contributed by atoms with Crippen molar-refractivity contribution in [3.05, 3.63) is 84.4 Å². The van der Waals surface area contributed by atoms with Crippen LogP contribution in [0.15, 0.2) is 78.9 Å². The summed E-state index contributed by atoms with van der Waals surface area (Å²) in [6.07, 6.45) is 5.08. The van der Waals surface area contributed by atoms with Gasteiger partial charge in [-0.2, -0.15) is 0 Å². The van der Waals surface area contributed by atoms with Gasteiger partial charge in [0, 0.05) is 0 Å². The SMILES string of the molecule is CCCCCc1ccc(-c2ccccc2-c2ccccc2)cc1. The van der Waals surface area contributed by atoms with Crippen LogP contribution in [0.2, 0.25) is 0 Å². The van der Waals surface area contributed by atoms with Crippen LogP contribution in [-0.4, -0.2) is 0 Å². The topological polar surface area (TPSA) is 0 Å². The van der Waals surface area contributed by atoms with Crippen LogP contribution in [0, 0.1) is 0 Å². The quantitative estimate of drug-likeness (QED) is 0.441. The highest BCUT2D eigenvalue weighted by Gasteiger charge is 2.06. The van der Waals surface area contributed by atoms with Crippen molar-refractivity contribution in [2.75, 3.05) is 0 Å². The highest BCUT2D eigenvalue weighted by molar-refractivity contribution is 5.83. The van der Waals surface area contributed by atoms with Crippen LogP contribution in [-0.2, 0) is 6.42 Å². The van der Waals surface area contributed by atoms with Crippen LogP contribution in [0.5, 0.6) is 0 Å². The van der Waals surface area contributed by atoms with Crippen molar-refractivity contribution in [1.29, 1.82) is 0 Å². The highest BCUT2D eigenvalue weighted by Crippen LogP contribution is 2.32. The third-order valence-corrected chi connectivity index (χ3v) is 4.35. The normalized spacial score (nSPS) is 10.7. The van der Waals surface area contributed by atoms with E-state index < -0.39 is 0 Å². The first-order valence-corrected chi connectivity index (χ1v) is 8.62. The summed E-state index contributed by atoms with van der Waals surface area (Å²) in [7, 11) is 0.